The predicted octanol–water partition coefficient (Wildman–Crippen LogP) is 1.98. The summed E-state index contributed by atoms with van der Waals surface area (Å²) < 4.78 is 10.5. The summed E-state index contributed by atoms with van der Waals surface area (Å²) in [5.41, 5.74) is 0.900. The summed E-state index contributed by atoms with van der Waals surface area (Å²) in [5.74, 6) is -0.874. The van der Waals surface area contributed by atoms with E-state index in [0.29, 0.717) is 16.5 Å². The van der Waals surface area contributed by atoms with Crippen molar-refractivity contribution in [3.05, 3.63) is 64.6 Å². The Labute approximate surface area is 189 Å². The number of anilines is 1. The molecule has 0 saturated carbocycles. The maximum atomic E-state index is 12.7. The van der Waals surface area contributed by atoms with Crippen LogP contribution >= 0.6 is 11.6 Å². The normalized spacial score (nSPS) is 15.5. The summed E-state index contributed by atoms with van der Waals surface area (Å²) in [6.07, 6.45) is 3.12. The van der Waals surface area contributed by atoms with E-state index in [9.17, 15) is 14.4 Å². The minimum atomic E-state index is -0.797. The van der Waals surface area contributed by atoms with Crippen LogP contribution in [0.5, 0.6) is 0 Å². The van der Waals surface area contributed by atoms with Crippen molar-refractivity contribution < 1.29 is 23.9 Å². The van der Waals surface area contributed by atoms with E-state index >= 15 is 0 Å². The molecule has 0 spiro atoms. The van der Waals surface area contributed by atoms with E-state index in [-0.39, 0.29) is 31.0 Å². The SMILES string of the molecule is CCOC(=O)C1=C(COC(=O)CN(C)c2ncccn2)NC(=O)NC1c1ccc(Cl)cc1. The van der Waals surface area contributed by atoms with Gasteiger partial charge in [-0.1, -0.05) is 23.7 Å². The number of carbonyl (C=O) groups excluding carboxylic acids is 3. The molecule has 1 atom stereocenters. The summed E-state index contributed by atoms with van der Waals surface area (Å²) in [5, 5.41) is 5.75. The number of amides is 2. The van der Waals surface area contributed by atoms with Crippen LogP contribution in [0.25, 0.3) is 0 Å². The smallest absolute Gasteiger partial charge is 0.338 e. The van der Waals surface area contributed by atoms with Crippen LogP contribution in [0.4, 0.5) is 10.7 Å². The third-order valence-electron chi connectivity index (χ3n) is 4.49. The lowest BCUT2D eigenvalue weighted by Gasteiger charge is -2.29. The lowest BCUT2D eigenvalue weighted by molar-refractivity contribution is -0.142. The molecular formula is C21H22ClN5O5. The number of aromatic nitrogens is 2. The molecule has 3 rings (SSSR count). The number of hydrogen-bond donors (Lipinski definition) is 2. The lowest BCUT2D eigenvalue weighted by atomic mass is 9.95. The highest BCUT2D eigenvalue weighted by Gasteiger charge is 2.34. The number of urea groups is 1. The van der Waals surface area contributed by atoms with Gasteiger partial charge in [0.25, 0.3) is 0 Å². The first kappa shape index (κ1) is 23.0. The van der Waals surface area contributed by atoms with Gasteiger partial charge in [0.15, 0.2) is 0 Å². The molecule has 32 heavy (non-hydrogen) atoms. The van der Waals surface area contributed by atoms with Crippen molar-refractivity contribution in [1.82, 2.24) is 20.6 Å². The fraction of sp³-hybridized carbons (Fsp3) is 0.286. The van der Waals surface area contributed by atoms with E-state index in [2.05, 4.69) is 20.6 Å². The molecule has 1 aromatic carbocycles. The topological polar surface area (TPSA) is 123 Å². The lowest BCUT2D eigenvalue weighted by Crippen LogP contribution is -2.47. The quantitative estimate of drug-likeness (QED) is 0.574. The van der Waals surface area contributed by atoms with Crippen molar-refractivity contribution in [3.63, 3.8) is 0 Å². The molecule has 0 fully saturated rings. The zero-order valence-electron chi connectivity index (χ0n) is 17.5. The average Bonchev–Trinajstić information content (AvgIpc) is 2.78. The van der Waals surface area contributed by atoms with Gasteiger partial charge in [-0.2, -0.15) is 0 Å². The Balaban J connectivity index is 1.80. The third-order valence-corrected chi connectivity index (χ3v) is 4.74. The van der Waals surface area contributed by atoms with Gasteiger partial charge in [0.05, 0.1) is 23.9 Å². The van der Waals surface area contributed by atoms with Crippen molar-refractivity contribution in [2.24, 2.45) is 0 Å². The van der Waals surface area contributed by atoms with Crippen molar-refractivity contribution in [1.29, 1.82) is 0 Å². The first-order valence-corrected chi connectivity index (χ1v) is 10.1. The molecule has 1 aliphatic rings. The number of nitrogens with zero attached hydrogens (tertiary/aromatic N) is 3. The van der Waals surface area contributed by atoms with Gasteiger partial charge in [-0.3, -0.25) is 4.79 Å². The summed E-state index contributed by atoms with van der Waals surface area (Å²) in [6.45, 7) is 1.36. The largest absolute Gasteiger partial charge is 0.463 e. The molecule has 2 amide bonds. The van der Waals surface area contributed by atoms with E-state index in [1.165, 1.54) is 4.90 Å². The standard InChI is InChI=1S/C21H22ClN5O5/c1-3-31-19(29)17-15(12-32-16(28)11-27(2)20-23-9-4-10-24-20)25-21(30)26-18(17)13-5-7-14(22)8-6-13/h4-10,18H,3,11-12H2,1-2H3,(H2,25,26,30). The van der Waals surface area contributed by atoms with Gasteiger partial charge in [-0.05, 0) is 30.7 Å². The number of rotatable bonds is 8. The van der Waals surface area contributed by atoms with Gasteiger partial charge in [0.2, 0.25) is 5.95 Å². The predicted molar refractivity (Wildman–Crippen MR) is 116 cm³/mol. The summed E-state index contributed by atoms with van der Waals surface area (Å²) in [4.78, 5) is 46.9. The van der Waals surface area contributed by atoms with E-state index in [0.717, 1.165) is 0 Å². The Bertz CT molecular complexity index is 1010. The number of nitrogens with one attached hydrogen (secondary N) is 2. The molecule has 168 valence electrons. The number of likely N-dealkylation sites (N-methyl/N-ethyl adjacent to an activating group) is 1. The average molecular weight is 460 g/mol. The fourth-order valence-corrected chi connectivity index (χ4v) is 3.16. The number of halogens is 1. The zero-order chi connectivity index (χ0) is 23.1. The van der Waals surface area contributed by atoms with Crippen molar-refractivity contribution in [3.8, 4) is 0 Å². The zero-order valence-corrected chi connectivity index (χ0v) is 18.3. The molecule has 1 aliphatic heterocycles. The van der Waals surface area contributed by atoms with Gasteiger partial charge in [-0.15, -0.1) is 0 Å². The van der Waals surface area contributed by atoms with E-state index in [4.69, 9.17) is 21.1 Å². The maximum absolute atomic E-state index is 12.7. The van der Waals surface area contributed by atoms with Crippen LogP contribution in [-0.4, -0.2) is 54.7 Å². The second kappa shape index (κ2) is 10.6. The molecule has 0 radical (unpaired) electrons. The van der Waals surface area contributed by atoms with E-state index in [1.54, 1.807) is 56.7 Å². The number of esters is 2. The van der Waals surface area contributed by atoms with Crippen molar-refractivity contribution in [2.75, 3.05) is 31.7 Å². The Hall–Kier alpha value is -3.66. The molecule has 0 aliphatic carbocycles. The first-order valence-electron chi connectivity index (χ1n) is 9.76. The van der Waals surface area contributed by atoms with Gasteiger partial charge in [0.1, 0.15) is 13.2 Å². The number of hydrogen-bond acceptors (Lipinski definition) is 8. The summed E-state index contributed by atoms with van der Waals surface area (Å²) in [6, 6.07) is 7.00. The van der Waals surface area contributed by atoms with Crippen molar-refractivity contribution in [2.45, 2.75) is 13.0 Å². The number of ether oxygens (including phenoxy) is 2. The minimum absolute atomic E-state index is 0.126. The molecule has 0 saturated heterocycles. The first-order chi connectivity index (χ1) is 15.4. The molecule has 1 unspecified atom stereocenters. The van der Waals surface area contributed by atoms with Crippen LogP contribution in [0, 0.1) is 0 Å². The van der Waals surface area contributed by atoms with Gasteiger partial charge in [-0.25, -0.2) is 19.6 Å². The van der Waals surface area contributed by atoms with Gasteiger partial charge >= 0.3 is 18.0 Å². The molecule has 2 heterocycles. The highest BCUT2D eigenvalue weighted by molar-refractivity contribution is 6.30. The Morgan fingerprint density at radius 1 is 1.16 bits per heavy atom. The minimum Gasteiger partial charge on any atom is -0.463 e. The molecule has 2 N–H and O–H groups in total. The van der Waals surface area contributed by atoms with Crippen LogP contribution in [0.1, 0.15) is 18.5 Å². The van der Waals surface area contributed by atoms with Gasteiger partial charge in [0, 0.05) is 24.5 Å². The Morgan fingerprint density at radius 3 is 2.50 bits per heavy atom. The van der Waals surface area contributed by atoms with Crippen LogP contribution in [-0.2, 0) is 19.1 Å². The third kappa shape index (κ3) is 5.73. The van der Waals surface area contributed by atoms with Crippen LogP contribution < -0.4 is 15.5 Å². The van der Waals surface area contributed by atoms with E-state index < -0.39 is 24.0 Å². The second-order valence-electron chi connectivity index (χ2n) is 6.76. The summed E-state index contributed by atoms with van der Waals surface area (Å²) >= 11 is 5.95. The van der Waals surface area contributed by atoms with Crippen LogP contribution in [0.15, 0.2) is 54.0 Å². The number of benzene rings is 1. The monoisotopic (exact) mass is 459 g/mol. The molecular weight excluding hydrogens is 438 g/mol. The second-order valence-corrected chi connectivity index (χ2v) is 7.20. The highest BCUT2D eigenvalue weighted by atomic mass is 35.5. The molecule has 1 aromatic heterocycles. The maximum Gasteiger partial charge on any atom is 0.338 e. The molecule has 10 nitrogen and oxygen atoms in total. The highest BCUT2D eigenvalue weighted by Crippen LogP contribution is 2.28. The van der Waals surface area contributed by atoms with Crippen LogP contribution in [0.2, 0.25) is 5.02 Å². The fourth-order valence-electron chi connectivity index (χ4n) is 3.04. The molecule has 0 bridgehead atoms. The van der Waals surface area contributed by atoms with Crippen molar-refractivity contribution >= 4 is 35.5 Å². The Kier molecular flexibility index (Phi) is 7.61. The van der Waals surface area contributed by atoms with Gasteiger partial charge < -0.3 is 25.0 Å². The van der Waals surface area contributed by atoms with Crippen LogP contribution in [0.3, 0.4) is 0 Å². The van der Waals surface area contributed by atoms with E-state index in [1.807, 2.05) is 0 Å². The molecule has 2 aromatic rings. The molecule has 11 heteroatoms. The Morgan fingerprint density at radius 2 is 1.84 bits per heavy atom. The number of carbonyl (C=O) groups is 3. The summed E-state index contributed by atoms with van der Waals surface area (Å²) in [7, 11) is 1.64.